The van der Waals surface area contributed by atoms with Crippen molar-refractivity contribution in [2.45, 2.75) is 64.7 Å². The molecule has 0 N–H and O–H groups in total. The van der Waals surface area contributed by atoms with E-state index in [2.05, 4.69) is 32.0 Å². The van der Waals surface area contributed by atoms with Gasteiger partial charge >= 0.3 is 0 Å². The quantitative estimate of drug-likeness (QED) is 0.608. The minimum atomic E-state index is 0.867. The lowest BCUT2D eigenvalue weighted by atomic mass is 9.94. The van der Waals surface area contributed by atoms with Crippen molar-refractivity contribution in [3.05, 3.63) is 34.9 Å². The van der Waals surface area contributed by atoms with Crippen molar-refractivity contribution >= 4 is 0 Å². The molecule has 0 amide bonds. The summed E-state index contributed by atoms with van der Waals surface area (Å²) >= 11 is 0. The summed E-state index contributed by atoms with van der Waals surface area (Å²) in [4.78, 5) is 0. The van der Waals surface area contributed by atoms with E-state index in [9.17, 15) is 0 Å². The molecule has 2 rings (SSSR count). The highest BCUT2D eigenvalue weighted by atomic mass is 14.3. The average Bonchev–Trinajstić information content (AvgIpc) is 2.67. The second kappa shape index (κ2) is 5.52. The molecule has 0 aromatic heterocycles. The van der Waals surface area contributed by atoms with E-state index in [4.69, 9.17) is 0 Å². The zero-order chi connectivity index (χ0) is 11.4. The first-order valence-electron chi connectivity index (χ1n) is 6.90. The van der Waals surface area contributed by atoms with E-state index in [0.29, 0.717) is 0 Å². The highest BCUT2D eigenvalue weighted by molar-refractivity contribution is 5.37. The summed E-state index contributed by atoms with van der Waals surface area (Å²) in [6.07, 6.45) is 9.73. The van der Waals surface area contributed by atoms with Gasteiger partial charge in [0.2, 0.25) is 0 Å². The van der Waals surface area contributed by atoms with Gasteiger partial charge in [-0.25, -0.2) is 0 Å². The lowest BCUT2D eigenvalue weighted by molar-refractivity contribution is 0.550. The summed E-state index contributed by atoms with van der Waals surface area (Å²) in [5.41, 5.74) is 4.71. The molecular weight excluding hydrogens is 192 g/mol. The predicted octanol–water partition coefficient (Wildman–Crippen LogP) is 5.00. The summed E-state index contributed by atoms with van der Waals surface area (Å²) in [6.45, 7) is 4.50. The van der Waals surface area contributed by atoms with Crippen LogP contribution in [0.5, 0.6) is 0 Å². The molecule has 88 valence electrons. The van der Waals surface area contributed by atoms with Gasteiger partial charge in [-0.2, -0.15) is 0 Å². The van der Waals surface area contributed by atoms with Crippen LogP contribution in [-0.2, 0) is 6.42 Å². The third kappa shape index (κ3) is 2.66. The highest BCUT2D eigenvalue weighted by Gasteiger charge is 2.21. The summed E-state index contributed by atoms with van der Waals surface area (Å²) in [5.74, 6) is 0.867. The Bertz CT molecular complexity index is 338. The third-order valence-electron chi connectivity index (χ3n) is 3.91. The van der Waals surface area contributed by atoms with Crippen LogP contribution in [0.25, 0.3) is 0 Å². The van der Waals surface area contributed by atoms with Crippen molar-refractivity contribution in [3.63, 3.8) is 0 Å². The zero-order valence-electron chi connectivity index (χ0n) is 10.8. The van der Waals surface area contributed by atoms with Gasteiger partial charge in [-0.3, -0.25) is 0 Å². The van der Waals surface area contributed by atoms with E-state index in [1.807, 2.05) is 0 Å². The van der Waals surface area contributed by atoms with Crippen LogP contribution in [0, 0.1) is 6.92 Å². The molecule has 1 unspecified atom stereocenters. The van der Waals surface area contributed by atoms with Crippen LogP contribution in [-0.4, -0.2) is 0 Å². The molecule has 0 radical (unpaired) electrons. The van der Waals surface area contributed by atoms with Gasteiger partial charge < -0.3 is 0 Å². The minimum absolute atomic E-state index is 0.867. The first-order chi connectivity index (χ1) is 7.81. The summed E-state index contributed by atoms with van der Waals surface area (Å²) < 4.78 is 0. The molecule has 0 heterocycles. The molecule has 0 spiro atoms. The Morgan fingerprint density at radius 3 is 2.88 bits per heavy atom. The minimum Gasteiger partial charge on any atom is -0.0654 e. The number of hydrogen-bond donors (Lipinski definition) is 0. The third-order valence-corrected chi connectivity index (χ3v) is 3.91. The van der Waals surface area contributed by atoms with Crippen molar-refractivity contribution in [2.75, 3.05) is 0 Å². The molecular formula is C16H24. The lowest BCUT2D eigenvalue weighted by Crippen LogP contribution is -1.94. The maximum atomic E-state index is 2.42. The van der Waals surface area contributed by atoms with Crippen LogP contribution in [0.2, 0.25) is 0 Å². The molecule has 1 aromatic carbocycles. The molecule has 0 aliphatic heterocycles. The Kier molecular flexibility index (Phi) is 4.04. The molecule has 0 nitrogen and oxygen atoms in total. The number of hydrogen-bond acceptors (Lipinski definition) is 0. The van der Waals surface area contributed by atoms with E-state index in [1.54, 1.807) is 11.1 Å². The second-order valence-corrected chi connectivity index (χ2v) is 5.29. The average molecular weight is 216 g/mol. The van der Waals surface area contributed by atoms with Gasteiger partial charge in [0.15, 0.2) is 0 Å². The number of rotatable bonds is 5. The molecule has 0 bridgehead atoms. The number of benzene rings is 1. The van der Waals surface area contributed by atoms with Crippen molar-refractivity contribution in [1.29, 1.82) is 0 Å². The van der Waals surface area contributed by atoms with Gasteiger partial charge in [-0.05, 0) is 43.2 Å². The van der Waals surface area contributed by atoms with E-state index < -0.39 is 0 Å². The van der Waals surface area contributed by atoms with E-state index in [-0.39, 0.29) is 0 Å². The maximum Gasteiger partial charge on any atom is -0.0156 e. The number of unbranched alkanes of at least 4 members (excludes halogenated alkanes) is 3. The molecule has 1 aromatic rings. The lowest BCUT2D eigenvalue weighted by Gasteiger charge is -2.11. The van der Waals surface area contributed by atoms with Crippen LogP contribution >= 0.6 is 0 Å². The standard InChI is InChI=1S/C16H24/c1-3-4-5-6-7-14-10-11-15-9-8-13(2)12-16(14)15/h8-9,12,14H,3-7,10-11H2,1-2H3. The van der Waals surface area contributed by atoms with E-state index >= 15 is 0 Å². The van der Waals surface area contributed by atoms with Crippen molar-refractivity contribution < 1.29 is 0 Å². The fourth-order valence-corrected chi connectivity index (χ4v) is 2.92. The smallest absolute Gasteiger partial charge is 0.0156 e. The van der Waals surface area contributed by atoms with Crippen molar-refractivity contribution in [3.8, 4) is 0 Å². The van der Waals surface area contributed by atoms with Gasteiger partial charge in [-0.15, -0.1) is 0 Å². The summed E-state index contributed by atoms with van der Waals surface area (Å²) in [5, 5.41) is 0. The van der Waals surface area contributed by atoms with Crippen molar-refractivity contribution in [2.24, 2.45) is 0 Å². The Labute approximate surface area is 100 Å². The molecule has 0 saturated heterocycles. The normalized spacial score (nSPS) is 18.8. The maximum absolute atomic E-state index is 2.42. The molecule has 16 heavy (non-hydrogen) atoms. The Balaban J connectivity index is 1.92. The summed E-state index contributed by atoms with van der Waals surface area (Å²) in [6, 6.07) is 7.03. The largest absolute Gasteiger partial charge is 0.0654 e. The fraction of sp³-hybridized carbons (Fsp3) is 0.625. The first kappa shape index (κ1) is 11.7. The van der Waals surface area contributed by atoms with Crippen LogP contribution in [0.1, 0.15) is 68.1 Å². The van der Waals surface area contributed by atoms with Gasteiger partial charge in [0.05, 0.1) is 0 Å². The molecule has 0 heteroatoms. The predicted molar refractivity (Wildman–Crippen MR) is 71.0 cm³/mol. The molecule has 1 atom stereocenters. The van der Waals surface area contributed by atoms with E-state index in [0.717, 1.165) is 5.92 Å². The highest BCUT2D eigenvalue weighted by Crippen LogP contribution is 2.37. The Morgan fingerprint density at radius 1 is 1.19 bits per heavy atom. The fourth-order valence-electron chi connectivity index (χ4n) is 2.92. The number of aryl methyl sites for hydroxylation is 2. The number of fused-ring (bicyclic) bond motifs is 1. The Hall–Kier alpha value is -0.780. The van der Waals surface area contributed by atoms with Crippen LogP contribution in [0.4, 0.5) is 0 Å². The van der Waals surface area contributed by atoms with Gasteiger partial charge in [0.1, 0.15) is 0 Å². The topological polar surface area (TPSA) is 0 Å². The molecule has 1 aliphatic carbocycles. The molecule has 0 fully saturated rings. The molecule has 1 aliphatic rings. The van der Waals surface area contributed by atoms with Crippen LogP contribution < -0.4 is 0 Å². The van der Waals surface area contributed by atoms with Crippen LogP contribution in [0.3, 0.4) is 0 Å². The first-order valence-corrected chi connectivity index (χ1v) is 6.90. The van der Waals surface area contributed by atoms with Crippen LogP contribution in [0.15, 0.2) is 18.2 Å². The molecule has 0 saturated carbocycles. The second-order valence-electron chi connectivity index (χ2n) is 5.29. The monoisotopic (exact) mass is 216 g/mol. The summed E-state index contributed by atoms with van der Waals surface area (Å²) in [7, 11) is 0. The Morgan fingerprint density at radius 2 is 2.06 bits per heavy atom. The van der Waals surface area contributed by atoms with E-state index in [1.165, 1.54) is 50.5 Å². The SMILES string of the molecule is CCCCCCC1CCc2ccc(C)cc21. The van der Waals surface area contributed by atoms with Gasteiger partial charge in [0, 0.05) is 0 Å². The van der Waals surface area contributed by atoms with Gasteiger partial charge in [0.25, 0.3) is 0 Å². The van der Waals surface area contributed by atoms with Crippen molar-refractivity contribution in [1.82, 2.24) is 0 Å². The zero-order valence-corrected chi connectivity index (χ0v) is 10.8. The van der Waals surface area contributed by atoms with Gasteiger partial charge in [-0.1, -0.05) is 56.4 Å².